The first-order valence-electron chi connectivity index (χ1n) is 7.28. The fourth-order valence-electron chi connectivity index (χ4n) is 2.75. The van der Waals surface area contributed by atoms with Gasteiger partial charge in [-0.2, -0.15) is 0 Å². The lowest BCUT2D eigenvalue weighted by Crippen LogP contribution is -2.27. The summed E-state index contributed by atoms with van der Waals surface area (Å²) in [6.45, 7) is 0.793. The number of nitrogens with one attached hydrogen (secondary N) is 1. The number of hydrogen-bond donors (Lipinski definition) is 2. The van der Waals surface area contributed by atoms with Gasteiger partial charge in [0.2, 0.25) is 5.91 Å². The van der Waals surface area contributed by atoms with Gasteiger partial charge in [0.25, 0.3) is 0 Å². The Hall–Kier alpha value is -1.51. The highest BCUT2D eigenvalue weighted by Crippen LogP contribution is 2.25. The molecule has 0 bridgehead atoms. The van der Waals surface area contributed by atoms with Crippen LogP contribution in [0.1, 0.15) is 44.1 Å². The number of carbonyl (C=O) groups excluding carboxylic acids is 1. The minimum absolute atomic E-state index is 0.0708. The van der Waals surface area contributed by atoms with Gasteiger partial charge < -0.3 is 10.4 Å². The first-order valence-corrected chi connectivity index (χ1v) is 7.28. The van der Waals surface area contributed by atoms with Crippen LogP contribution in [-0.4, -0.2) is 17.6 Å². The Labute approximate surface area is 115 Å². The Balaban J connectivity index is 1.65. The molecular weight excluding hydrogens is 238 g/mol. The molecule has 0 aromatic heterocycles. The summed E-state index contributed by atoms with van der Waals surface area (Å²) in [6.07, 6.45) is 8.25. The summed E-state index contributed by atoms with van der Waals surface area (Å²) in [5, 5.41) is 12.2. The van der Waals surface area contributed by atoms with Crippen LogP contribution in [0.25, 0.3) is 0 Å². The van der Waals surface area contributed by atoms with E-state index in [1.807, 2.05) is 0 Å². The number of rotatable bonds is 5. The van der Waals surface area contributed by atoms with Crippen molar-refractivity contribution in [3.05, 3.63) is 29.8 Å². The molecule has 0 spiro atoms. The van der Waals surface area contributed by atoms with Gasteiger partial charge in [0.05, 0.1) is 6.42 Å². The van der Waals surface area contributed by atoms with Gasteiger partial charge in [0.15, 0.2) is 0 Å². The van der Waals surface area contributed by atoms with Crippen LogP contribution in [-0.2, 0) is 11.2 Å². The SMILES string of the molecule is O=C(Cc1ccc(O)cc1)NCCC1CCCCC1. The third kappa shape index (κ3) is 4.93. The predicted molar refractivity (Wildman–Crippen MR) is 76.0 cm³/mol. The predicted octanol–water partition coefficient (Wildman–Crippen LogP) is 3.02. The van der Waals surface area contributed by atoms with Gasteiger partial charge in [-0.05, 0) is 30.0 Å². The molecule has 1 amide bonds. The molecule has 0 radical (unpaired) electrons. The molecule has 1 saturated carbocycles. The van der Waals surface area contributed by atoms with E-state index < -0.39 is 0 Å². The van der Waals surface area contributed by atoms with Crippen LogP contribution < -0.4 is 5.32 Å². The molecule has 1 fully saturated rings. The Morgan fingerprint density at radius 1 is 1.16 bits per heavy atom. The van der Waals surface area contributed by atoms with Crippen molar-refractivity contribution in [3.63, 3.8) is 0 Å². The molecule has 104 valence electrons. The third-order valence-electron chi connectivity index (χ3n) is 3.90. The second kappa shape index (κ2) is 7.17. The monoisotopic (exact) mass is 261 g/mol. The number of aromatic hydroxyl groups is 1. The Morgan fingerprint density at radius 3 is 2.53 bits per heavy atom. The molecule has 3 nitrogen and oxygen atoms in total. The smallest absolute Gasteiger partial charge is 0.224 e. The van der Waals surface area contributed by atoms with Crippen LogP contribution in [0, 0.1) is 5.92 Å². The number of benzene rings is 1. The second-order valence-electron chi connectivity index (χ2n) is 5.49. The van der Waals surface area contributed by atoms with Gasteiger partial charge in [-0.25, -0.2) is 0 Å². The number of hydrogen-bond acceptors (Lipinski definition) is 2. The normalized spacial score (nSPS) is 16.2. The summed E-state index contributed by atoms with van der Waals surface area (Å²) in [4.78, 5) is 11.8. The Bertz CT molecular complexity index is 394. The Morgan fingerprint density at radius 2 is 1.84 bits per heavy atom. The molecule has 1 aliphatic rings. The van der Waals surface area contributed by atoms with Gasteiger partial charge in [0, 0.05) is 6.54 Å². The van der Waals surface area contributed by atoms with Crippen molar-refractivity contribution >= 4 is 5.91 Å². The first kappa shape index (κ1) is 13.9. The molecule has 1 aliphatic carbocycles. The lowest BCUT2D eigenvalue weighted by atomic mass is 9.87. The maximum Gasteiger partial charge on any atom is 0.224 e. The lowest BCUT2D eigenvalue weighted by molar-refractivity contribution is -0.120. The van der Waals surface area contributed by atoms with Crippen LogP contribution >= 0.6 is 0 Å². The summed E-state index contributed by atoms with van der Waals surface area (Å²) in [6, 6.07) is 6.81. The van der Waals surface area contributed by atoms with Crippen molar-refractivity contribution in [3.8, 4) is 5.75 Å². The van der Waals surface area contributed by atoms with E-state index in [4.69, 9.17) is 0 Å². The highest BCUT2D eigenvalue weighted by Gasteiger charge is 2.13. The molecule has 2 rings (SSSR count). The summed E-state index contributed by atoms with van der Waals surface area (Å²) in [5.41, 5.74) is 0.938. The van der Waals surface area contributed by atoms with Crippen LogP contribution in [0.15, 0.2) is 24.3 Å². The third-order valence-corrected chi connectivity index (χ3v) is 3.90. The number of amides is 1. The van der Waals surface area contributed by atoms with Gasteiger partial charge in [0.1, 0.15) is 5.75 Å². The quantitative estimate of drug-likeness (QED) is 0.856. The van der Waals surface area contributed by atoms with E-state index in [2.05, 4.69) is 5.32 Å². The minimum atomic E-state index is 0.0708. The van der Waals surface area contributed by atoms with Crippen LogP contribution in [0.3, 0.4) is 0 Å². The van der Waals surface area contributed by atoms with Gasteiger partial charge in [-0.3, -0.25) is 4.79 Å². The molecule has 1 aromatic rings. The highest BCUT2D eigenvalue weighted by atomic mass is 16.3. The Kier molecular flexibility index (Phi) is 5.25. The van der Waals surface area contributed by atoms with E-state index >= 15 is 0 Å². The molecule has 0 aliphatic heterocycles. The standard InChI is InChI=1S/C16H23NO2/c18-15-8-6-14(7-9-15)12-16(19)17-11-10-13-4-2-1-3-5-13/h6-9,13,18H,1-5,10-12H2,(H,17,19). The number of phenolic OH excluding ortho intramolecular Hbond substituents is 1. The first-order chi connectivity index (χ1) is 9.24. The maximum atomic E-state index is 11.8. The van der Waals surface area contributed by atoms with E-state index in [1.54, 1.807) is 24.3 Å². The van der Waals surface area contributed by atoms with E-state index in [-0.39, 0.29) is 11.7 Å². The summed E-state index contributed by atoms with van der Waals surface area (Å²) in [7, 11) is 0. The van der Waals surface area contributed by atoms with Gasteiger partial charge in [-0.15, -0.1) is 0 Å². The zero-order chi connectivity index (χ0) is 13.5. The van der Waals surface area contributed by atoms with Crippen molar-refractivity contribution in [1.29, 1.82) is 0 Å². The van der Waals surface area contributed by atoms with Gasteiger partial charge in [-0.1, -0.05) is 44.2 Å². The fourth-order valence-corrected chi connectivity index (χ4v) is 2.75. The fraction of sp³-hybridized carbons (Fsp3) is 0.562. The number of phenols is 1. The van der Waals surface area contributed by atoms with Crippen molar-refractivity contribution in [1.82, 2.24) is 5.32 Å². The largest absolute Gasteiger partial charge is 0.508 e. The van der Waals surface area contributed by atoms with Gasteiger partial charge >= 0.3 is 0 Å². The topological polar surface area (TPSA) is 49.3 Å². The molecule has 2 N–H and O–H groups in total. The molecule has 0 heterocycles. The zero-order valence-electron chi connectivity index (χ0n) is 11.4. The summed E-state index contributed by atoms with van der Waals surface area (Å²) < 4.78 is 0. The zero-order valence-corrected chi connectivity index (χ0v) is 11.4. The highest BCUT2D eigenvalue weighted by molar-refractivity contribution is 5.78. The molecule has 1 aromatic carbocycles. The van der Waals surface area contributed by atoms with Crippen molar-refractivity contribution in [2.75, 3.05) is 6.54 Å². The van der Waals surface area contributed by atoms with Crippen LogP contribution in [0.4, 0.5) is 0 Å². The molecule has 19 heavy (non-hydrogen) atoms. The van der Waals surface area contributed by atoms with Crippen LogP contribution in [0.2, 0.25) is 0 Å². The second-order valence-corrected chi connectivity index (χ2v) is 5.49. The number of carbonyl (C=O) groups is 1. The van der Waals surface area contributed by atoms with Crippen molar-refractivity contribution < 1.29 is 9.90 Å². The average Bonchev–Trinajstić information content (AvgIpc) is 2.43. The van der Waals surface area contributed by atoms with E-state index in [1.165, 1.54) is 32.1 Å². The maximum absolute atomic E-state index is 11.8. The summed E-state index contributed by atoms with van der Waals surface area (Å²) >= 11 is 0. The molecule has 0 saturated heterocycles. The molecule has 0 atom stereocenters. The van der Waals surface area contributed by atoms with E-state index in [0.29, 0.717) is 6.42 Å². The lowest BCUT2D eigenvalue weighted by Gasteiger charge is -2.21. The van der Waals surface area contributed by atoms with Crippen LogP contribution in [0.5, 0.6) is 5.75 Å². The molecule has 3 heteroatoms. The van der Waals surface area contributed by atoms with Crippen molar-refractivity contribution in [2.45, 2.75) is 44.9 Å². The molecule has 0 unspecified atom stereocenters. The van der Waals surface area contributed by atoms with Crippen molar-refractivity contribution in [2.24, 2.45) is 5.92 Å². The summed E-state index contributed by atoms with van der Waals surface area (Å²) in [5.74, 6) is 1.12. The minimum Gasteiger partial charge on any atom is -0.508 e. The molecular formula is C16H23NO2. The van der Waals surface area contributed by atoms with E-state index in [9.17, 15) is 9.90 Å². The average molecular weight is 261 g/mol. The van der Waals surface area contributed by atoms with E-state index in [0.717, 1.165) is 24.4 Å².